The van der Waals surface area contributed by atoms with Gasteiger partial charge in [0.25, 0.3) is 5.91 Å². The van der Waals surface area contributed by atoms with Crippen LogP contribution in [-0.4, -0.2) is 36.5 Å². The Morgan fingerprint density at radius 1 is 1.28 bits per heavy atom. The van der Waals surface area contributed by atoms with Crippen molar-refractivity contribution in [3.05, 3.63) is 30.0 Å². The Hall–Kier alpha value is -2.50. The van der Waals surface area contributed by atoms with E-state index in [1.54, 1.807) is 18.9 Å². The molecule has 1 aromatic heterocycles. The van der Waals surface area contributed by atoms with Gasteiger partial charge in [-0.05, 0) is 43.4 Å². The third-order valence-corrected chi connectivity index (χ3v) is 4.38. The molecule has 1 aliphatic rings. The van der Waals surface area contributed by atoms with Crippen molar-refractivity contribution in [1.29, 1.82) is 0 Å². The normalized spacial score (nSPS) is 13.6. The van der Waals surface area contributed by atoms with Crippen LogP contribution in [0, 0.1) is 5.92 Å². The van der Waals surface area contributed by atoms with Crippen LogP contribution >= 0.6 is 0 Å². The van der Waals surface area contributed by atoms with Gasteiger partial charge in [-0.15, -0.1) is 0 Å². The van der Waals surface area contributed by atoms with Gasteiger partial charge in [-0.3, -0.25) is 9.48 Å². The van der Waals surface area contributed by atoms with Crippen molar-refractivity contribution in [2.24, 2.45) is 5.92 Å². The van der Waals surface area contributed by atoms with Gasteiger partial charge in [0.1, 0.15) is 17.2 Å². The van der Waals surface area contributed by atoms with Gasteiger partial charge < -0.3 is 14.8 Å². The molecule has 0 saturated heterocycles. The molecule has 134 valence electrons. The number of carbonyl (C=O) groups excluding carboxylic acids is 1. The van der Waals surface area contributed by atoms with Gasteiger partial charge >= 0.3 is 0 Å². The molecular formula is C19H25N3O3. The highest BCUT2D eigenvalue weighted by Gasteiger charge is 2.23. The van der Waals surface area contributed by atoms with Gasteiger partial charge in [0, 0.05) is 24.7 Å². The van der Waals surface area contributed by atoms with Gasteiger partial charge in [-0.25, -0.2) is 0 Å². The fourth-order valence-electron chi connectivity index (χ4n) is 2.77. The highest BCUT2D eigenvalue weighted by Crippen LogP contribution is 2.33. The molecule has 0 atom stereocenters. The van der Waals surface area contributed by atoms with E-state index in [0.29, 0.717) is 23.9 Å². The van der Waals surface area contributed by atoms with Crippen LogP contribution in [0.3, 0.4) is 0 Å². The molecule has 0 aliphatic heterocycles. The Morgan fingerprint density at radius 3 is 2.72 bits per heavy atom. The number of aryl methyl sites for hydroxylation is 1. The molecule has 2 aromatic rings. The summed E-state index contributed by atoms with van der Waals surface area (Å²) < 4.78 is 12.5. The molecule has 6 nitrogen and oxygen atoms in total. The number of rotatable bonds is 8. The third kappa shape index (κ3) is 3.95. The molecule has 1 amide bonds. The number of benzene rings is 1. The fraction of sp³-hybridized carbons (Fsp3) is 0.474. The van der Waals surface area contributed by atoms with E-state index < -0.39 is 0 Å². The van der Waals surface area contributed by atoms with Crippen molar-refractivity contribution in [3.63, 3.8) is 0 Å². The van der Waals surface area contributed by atoms with Gasteiger partial charge in [-0.2, -0.15) is 5.10 Å². The van der Waals surface area contributed by atoms with Gasteiger partial charge in [0.05, 0.1) is 19.9 Å². The zero-order valence-electron chi connectivity index (χ0n) is 15.0. The van der Waals surface area contributed by atoms with Crippen molar-refractivity contribution in [3.8, 4) is 22.8 Å². The Balaban J connectivity index is 1.91. The van der Waals surface area contributed by atoms with Crippen molar-refractivity contribution in [1.82, 2.24) is 15.1 Å². The molecule has 0 unspecified atom stereocenters. The van der Waals surface area contributed by atoms with Crippen LogP contribution in [0.25, 0.3) is 11.3 Å². The number of methoxy groups -OCH3 is 2. The third-order valence-electron chi connectivity index (χ3n) is 4.38. The molecular weight excluding hydrogens is 318 g/mol. The molecule has 3 rings (SSSR count). The molecule has 0 bridgehead atoms. The van der Waals surface area contributed by atoms with E-state index in [1.807, 2.05) is 24.3 Å². The van der Waals surface area contributed by atoms with E-state index in [2.05, 4.69) is 17.3 Å². The summed E-state index contributed by atoms with van der Waals surface area (Å²) >= 11 is 0. The molecule has 25 heavy (non-hydrogen) atoms. The Labute approximate surface area is 148 Å². The molecule has 1 N–H and O–H groups in total. The predicted molar refractivity (Wildman–Crippen MR) is 96.1 cm³/mol. The minimum Gasteiger partial charge on any atom is -0.497 e. The summed E-state index contributed by atoms with van der Waals surface area (Å²) in [4.78, 5) is 12.5. The maximum Gasteiger partial charge on any atom is 0.269 e. The number of nitrogens with zero attached hydrogens (tertiary/aromatic N) is 2. The van der Waals surface area contributed by atoms with Crippen molar-refractivity contribution in [2.75, 3.05) is 20.8 Å². The number of carbonyl (C=O) groups is 1. The minimum atomic E-state index is -0.0634. The highest BCUT2D eigenvalue weighted by atomic mass is 16.5. The number of aromatic nitrogens is 2. The summed E-state index contributed by atoms with van der Waals surface area (Å²) in [6.45, 7) is 3.52. The summed E-state index contributed by atoms with van der Waals surface area (Å²) in [6, 6.07) is 7.43. The first-order valence-corrected chi connectivity index (χ1v) is 8.74. The fourth-order valence-corrected chi connectivity index (χ4v) is 2.77. The standard InChI is InChI=1S/C19H25N3O3/c1-4-9-22-17(19(23)20-12-13-5-6-13)11-16(21-22)15-8-7-14(24-2)10-18(15)25-3/h7-8,10-11,13H,4-6,9,12H2,1-3H3,(H,20,23). The topological polar surface area (TPSA) is 65.4 Å². The second-order valence-corrected chi connectivity index (χ2v) is 6.36. The van der Waals surface area contributed by atoms with E-state index in [0.717, 1.165) is 30.0 Å². The maximum absolute atomic E-state index is 12.5. The SMILES string of the molecule is CCCn1nc(-c2ccc(OC)cc2OC)cc1C(=O)NCC1CC1. The summed E-state index contributed by atoms with van der Waals surface area (Å²) in [5.41, 5.74) is 2.16. The molecule has 0 radical (unpaired) electrons. The van der Waals surface area contributed by atoms with Crippen molar-refractivity contribution >= 4 is 5.91 Å². The number of amides is 1. The molecule has 1 aromatic carbocycles. The lowest BCUT2D eigenvalue weighted by Gasteiger charge is -2.08. The van der Waals surface area contributed by atoms with E-state index in [9.17, 15) is 4.79 Å². The number of ether oxygens (including phenoxy) is 2. The number of hydrogen-bond donors (Lipinski definition) is 1. The Morgan fingerprint density at radius 2 is 2.08 bits per heavy atom. The van der Waals surface area contributed by atoms with Crippen LogP contribution in [0.1, 0.15) is 36.7 Å². The zero-order valence-corrected chi connectivity index (χ0v) is 15.0. The van der Waals surface area contributed by atoms with Crippen LogP contribution < -0.4 is 14.8 Å². The summed E-state index contributed by atoms with van der Waals surface area (Å²) in [7, 11) is 3.23. The molecule has 0 spiro atoms. The first kappa shape index (κ1) is 17.3. The van der Waals surface area contributed by atoms with Gasteiger partial charge in [0.15, 0.2) is 0 Å². The molecule has 6 heteroatoms. The quantitative estimate of drug-likeness (QED) is 0.800. The van der Waals surface area contributed by atoms with Crippen LogP contribution in [0.4, 0.5) is 0 Å². The van der Waals surface area contributed by atoms with Crippen LogP contribution in [0.15, 0.2) is 24.3 Å². The average Bonchev–Trinajstić information content (AvgIpc) is 3.38. The molecule has 1 saturated carbocycles. The van der Waals surface area contributed by atoms with E-state index >= 15 is 0 Å². The van der Waals surface area contributed by atoms with Crippen LogP contribution in [0.5, 0.6) is 11.5 Å². The smallest absolute Gasteiger partial charge is 0.269 e. The second-order valence-electron chi connectivity index (χ2n) is 6.36. The van der Waals surface area contributed by atoms with E-state index in [4.69, 9.17) is 9.47 Å². The number of nitrogens with one attached hydrogen (secondary N) is 1. The summed E-state index contributed by atoms with van der Waals surface area (Å²) in [5.74, 6) is 1.97. The van der Waals surface area contributed by atoms with E-state index in [1.165, 1.54) is 12.8 Å². The largest absolute Gasteiger partial charge is 0.497 e. The lowest BCUT2D eigenvalue weighted by atomic mass is 10.1. The zero-order chi connectivity index (χ0) is 17.8. The Kier molecular flexibility index (Phi) is 5.26. The maximum atomic E-state index is 12.5. The predicted octanol–water partition coefficient (Wildman–Crippen LogP) is 3.12. The molecule has 1 aliphatic carbocycles. The van der Waals surface area contributed by atoms with Crippen LogP contribution in [-0.2, 0) is 6.54 Å². The first-order valence-electron chi connectivity index (χ1n) is 8.74. The average molecular weight is 343 g/mol. The van der Waals surface area contributed by atoms with Crippen molar-refractivity contribution in [2.45, 2.75) is 32.7 Å². The first-order chi connectivity index (χ1) is 12.2. The van der Waals surface area contributed by atoms with E-state index in [-0.39, 0.29) is 5.91 Å². The lowest BCUT2D eigenvalue weighted by Crippen LogP contribution is -2.28. The molecule has 1 heterocycles. The number of hydrogen-bond acceptors (Lipinski definition) is 4. The monoisotopic (exact) mass is 343 g/mol. The summed E-state index contributed by atoms with van der Waals surface area (Å²) in [5, 5.41) is 7.65. The van der Waals surface area contributed by atoms with Gasteiger partial charge in [-0.1, -0.05) is 6.92 Å². The van der Waals surface area contributed by atoms with Crippen molar-refractivity contribution < 1.29 is 14.3 Å². The van der Waals surface area contributed by atoms with Crippen LogP contribution in [0.2, 0.25) is 0 Å². The Bertz CT molecular complexity index is 750. The van der Waals surface area contributed by atoms with Gasteiger partial charge in [0.2, 0.25) is 0 Å². The minimum absolute atomic E-state index is 0.0634. The lowest BCUT2D eigenvalue weighted by molar-refractivity contribution is 0.0941. The highest BCUT2D eigenvalue weighted by molar-refractivity contribution is 5.94. The summed E-state index contributed by atoms with van der Waals surface area (Å²) in [6.07, 6.45) is 3.33. The second kappa shape index (κ2) is 7.59. The molecule has 1 fully saturated rings.